The highest BCUT2D eigenvalue weighted by molar-refractivity contribution is 6.40. The minimum atomic E-state index is -0.864. The summed E-state index contributed by atoms with van der Waals surface area (Å²) in [5.74, 6) is -0.553. The van der Waals surface area contributed by atoms with Gasteiger partial charge in [-0.2, -0.15) is 0 Å². The van der Waals surface area contributed by atoms with Crippen LogP contribution in [0.15, 0.2) is 18.2 Å². The smallest absolute Gasteiger partial charge is 0.379 e. The summed E-state index contributed by atoms with van der Waals surface area (Å²) < 4.78 is 15.7. The van der Waals surface area contributed by atoms with Crippen LogP contribution in [-0.2, 0) is 9.53 Å². The zero-order valence-electron chi connectivity index (χ0n) is 12.4. The molecule has 1 aliphatic rings. The molecule has 0 atom stereocenters. The van der Waals surface area contributed by atoms with Crippen LogP contribution in [0.1, 0.15) is 17.3 Å². The number of benzene rings is 1. The first-order chi connectivity index (χ1) is 10.0. The van der Waals surface area contributed by atoms with Crippen molar-refractivity contribution in [1.82, 2.24) is 4.90 Å². The van der Waals surface area contributed by atoms with E-state index in [0.717, 1.165) is 13.1 Å². The topological polar surface area (TPSA) is 65.1 Å². The molecule has 0 amide bonds. The Morgan fingerprint density at radius 1 is 1.29 bits per heavy atom. The first kappa shape index (κ1) is 15.3. The Balaban J connectivity index is 2.16. The van der Waals surface area contributed by atoms with Crippen LogP contribution in [0.2, 0.25) is 0 Å². The number of ketones is 1. The molecule has 0 saturated carbocycles. The first-order valence-electron chi connectivity index (χ1n) is 6.79. The summed E-state index contributed by atoms with van der Waals surface area (Å²) in [7, 11) is 3.53. The number of likely N-dealkylation sites (tertiary alicyclic amines) is 1. The van der Waals surface area contributed by atoms with Crippen molar-refractivity contribution in [1.29, 1.82) is 0 Å². The minimum Gasteiger partial charge on any atom is -0.493 e. The van der Waals surface area contributed by atoms with Gasteiger partial charge < -0.3 is 14.2 Å². The van der Waals surface area contributed by atoms with Gasteiger partial charge in [0.05, 0.1) is 13.7 Å². The van der Waals surface area contributed by atoms with E-state index in [4.69, 9.17) is 14.2 Å². The molecule has 0 N–H and O–H groups in total. The summed E-state index contributed by atoms with van der Waals surface area (Å²) in [4.78, 5) is 25.5. The van der Waals surface area contributed by atoms with Crippen LogP contribution in [0.25, 0.3) is 0 Å². The lowest BCUT2D eigenvalue weighted by Crippen LogP contribution is -2.51. The number of carbonyl (C=O) groups is 2. The molecule has 0 bridgehead atoms. The standard InChI is InChI=1S/C15H19NO5/c1-4-20-15(18)14(17)10-5-6-12(19-3)13(7-10)21-11-8-16(2)9-11/h5-7,11H,4,8-9H2,1-3H3. The van der Waals surface area contributed by atoms with Gasteiger partial charge >= 0.3 is 5.97 Å². The van der Waals surface area contributed by atoms with Crippen LogP contribution < -0.4 is 9.47 Å². The summed E-state index contributed by atoms with van der Waals surface area (Å²) in [6.07, 6.45) is 0.0665. The van der Waals surface area contributed by atoms with Crippen molar-refractivity contribution in [3.8, 4) is 11.5 Å². The number of Topliss-reactive ketones (excluding diaryl/α,β-unsaturated/α-hetero) is 1. The van der Waals surface area contributed by atoms with Gasteiger partial charge in [-0.3, -0.25) is 9.69 Å². The van der Waals surface area contributed by atoms with Gasteiger partial charge in [-0.15, -0.1) is 0 Å². The number of hydrogen-bond acceptors (Lipinski definition) is 6. The maximum atomic E-state index is 11.9. The van der Waals surface area contributed by atoms with E-state index in [1.807, 2.05) is 7.05 Å². The molecule has 1 aromatic carbocycles. The summed E-state index contributed by atoms with van der Waals surface area (Å²) in [6, 6.07) is 4.67. The molecule has 6 heteroatoms. The predicted octanol–water partition coefficient (Wildman–Crippen LogP) is 1.13. The molecule has 1 aromatic rings. The Hall–Kier alpha value is -2.08. The number of hydrogen-bond donors (Lipinski definition) is 0. The molecule has 0 radical (unpaired) electrons. The second kappa shape index (κ2) is 6.58. The third-order valence-electron chi connectivity index (χ3n) is 3.21. The molecule has 1 heterocycles. The van der Waals surface area contributed by atoms with E-state index >= 15 is 0 Å². The van der Waals surface area contributed by atoms with E-state index in [9.17, 15) is 9.59 Å². The number of ether oxygens (including phenoxy) is 3. The molecule has 1 aliphatic heterocycles. The Kier molecular flexibility index (Phi) is 4.80. The normalized spacial score (nSPS) is 15.2. The zero-order valence-corrected chi connectivity index (χ0v) is 12.4. The fourth-order valence-electron chi connectivity index (χ4n) is 2.12. The number of nitrogens with zero attached hydrogens (tertiary/aromatic N) is 1. The number of methoxy groups -OCH3 is 1. The molecule has 6 nitrogen and oxygen atoms in total. The molecule has 114 valence electrons. The number of rotatable bonds is 6. The predicted molar refractivity (Wildman–Crippen MR) is 75.9 cm³/mol. The Bertz CT molecular complexity index is 537. The van der Waals surface area contributed by atoms with E-state index in [-0.39, 0.29) is 18.3 Å². The van der Waals surface area contributed by atoms with Crippen molar-refractivity contribution in [3.63, 3.8) is 0 Å². The molecule has 2 rings (SSSR count). The minimum absolute atomic E-state index is 0.0665. The molecule has 1 saturated heterocycles. The van der Waals surface area contributed by atoms with E-state index in [2.05, 4.69) is 4.90 Å². The van der Waals surface area contributed by atoms with E-state index in [1.54, 1.807) is 13.0 Å². The van der Waals surface area contributed by atoms with Crippen molar-refractivity contribution in [2.24, 2.45) is 0 Å². The van der Waals surface area contributed by atoms with Gasteiger partial charge in [0, 0.05) is 18.7 Å². The fourth-order valence-corrected chi connectivity index (χ4v) is 2.12. The third kappa shape index (κ3) is 3.52. The molecule has 0 spiro atoms. The van der Waals surface area contributed by atoms with Crippen LogP contribution in [0.4, 0.5) is 0 Å². The maximum Gasteiger partial charge on any atom is 0.379 e. The highest BCUT2D eigenvalue weighted by Crippen LogP contribution is 2.30. The van der Waals surface area contributed by atoms with Gasteiger partial charge in [0.15, 0.2) is 11.5 Å². The zero-order chi connectivity index (χ0) is 15.4. The average molecular weight is 293 g/mol. The van der Waals surface area contributed by atoms with Gasteiger partial charge in [0.2, 0.25) is 0 Å². The quantitative estimate of drug-likeness (QED) is 0.445. The lowest BCUT2D eigenvalue weighted by atomic mass is 10.1. The highest BCUT2D eigenvalue weighted by atomic mass is 16.5. The second-order valence-electron chi connectivity index (χ2n) is 4.88. The number of likely N-dealkylation sites (N-methyl/N-ethyl adjacent to an activating group) is 1. The Morgan fingerprint density at radius 2 is 2.00 bits per heavy atom. The van der Waals surface area contributed by atoms with Gasteiger partial charge in [-0.25, -0.2) is 4.79 Å². The van der Waals surface area contributed by atoms with Crippen LogP contribution in [0.3, 0.4) is 0 Å². The van der Waals surface area contributed by atoms with Gasteiger partial charge in [-0.05, 0) is 32.2 Å². The molecule has 0 unspecified atom stereocenters. The monoisotopic (exact) mass is 293 g/mol. The molecule has 21 heavy (non-hydrogen) atoms. The maximum absolute atomic E-state index is 11.9. The molecule has 0 aromatic heterocycles. The van der Waals surface area contributed by atoms with Crippen molar-refractivity contribution < 1.29 is 23.8 Å². The highest BCUT2D eigenvalue weighted by Gasteiger charge is 2.27. The van der Waals surface area contributed by atoms with Crippen molar-refractivity contribution in [3.05, 3.63) is 23.8 Å². The summed E-state index contributed by atoms with van der Waals surface area (Å²) in [6.45, 7) is 3.46. The Morgan fingerprint density at radius 3 is 2.57 bits per heavy atom. The number of carbonyl (C=O) groups excluding carboxylic acids is 2. The molecular formula is C15H19NO5. The fraction of sp³-hybridized carbons (Fsp3) is 0.467. The van der Waals surface area contributed by atoms with Crippen molar-refractivity contribution in [2.45, 2.75) is 13.0 Å². The third-order valence-corrected chi connectivity index (χ3v) is 3.21. The summed E-state index contributed by atoms with van der Waals surface area (Å²) in [5, 5.41) is 0. The van der Waals surface area contributed by atoms with E-state index < -0.39 is 11.8 Å². The largest absolute Gasteiger partial charge is 0.493 e. The van der Waals surface area contributed by atoms with E-state index in [0.29, 0.717) is 11.5 Å². The molecule has 0 aliphatic carbocycles. The van der Waals surface area contributed by atoms with Gasteiger partial charge in [-0.1, -0.05) is 0 Å². The Labute approximate surface area is 123 Å². The molecular weight excluding hydrogens is 274 g/mol. The van der Waals surface area contributed by atoms with Crippen LogP contribution in [-0.4, -0.2) is 56.6 Å². The number of esters is 1. The lowest BCUT2D eigenvalue weighted by molar-refractivity contribution is -0.137. The average Bonchev–Trinajstić information content (AvgIpc) is 2.45. The van der Waals surface area contributed by atoms with E-state index in [1.165, 1.54) is 19.2 Å². The second-order valence-corrected chi connectivity index (χ2v) is 4.88. The van der Waals surface area contributed by atoms with Crippen molar-refractivity contribution in [2.75, 3.05) is 33.9 Å². The summed E-state index contributed by atoms with van der Waals surface area (Å²) in [5.41, 5.74) is 0.233. The van der Waals surface area contributed by atoms with Gasteiger partial charge in [0.1, 0.15) is 6.10 Å². The molecule has 1 fully saturated rings. The van der Waals surface area contributed by atoms with Gasteiger partial charge in [0.25, 0.3) is 5.78 Å². The van der Waals surface area contributed by atoms with Crippen LogP contribution >= 0.6 is 0 Å². The summed E-state index contributed by atoms with van der Waals surface area (Å²) >= 11 is 0. The van der Waals surface area contributed by atoms with Crippen molar-refractivity contribution >= 4 is 11.8 Å². The van der Waals surface area contributed by atoms with Crippen LogP contribution in [0, 0.1) is 0 Å². The lowest BCUT2D eigenvalue weighted by Gasteiger charge is -2.36. The first-order valence-corrected chi connectivity index (χ1v) is 6.79. The SMILES string of the molecule is CCOC(=O)C(=O)c1ccc(OC)c(OC2CN(C)C2)c1. The van der Waals surface area contributed by atoms with Crippen LogP contribution in [0.5, 0.6) is 11.5 Å².